The molecule has 2 rings (SSSR count). The van der Waals surface area contributed by atoms with Crippen LogP contribution in [0.3, 0.4) is 0 Å². The molecule has 1 aromatic rings. The molecular weight excluding hydrogens is 368 g/mol. The molecule has 1 fully saturated rings. The Bertz CT molecular complexity index is 797. The van der Waals surface area contributed by atoms with Crippen LogP contribution in [-0.2, 0) is 14.8 Å². The lowest BCUT2D eigenvalue weighted by molar-refractivity contribution is -0.120. The van der Waals surface area contributed by atoms with Crippen LogP contribution < -0.4 is 15.8 Å². The first-order valence-electron chi connectivity index (χ1n) is 8.89. The van der Waals surface area contributed by atoms with Crippen molar-refractivity contribution in [3.63, 3.8) is 0 Å². The number of nitrogens with zero attached hydrogens (tertiary/aromatic N) is 2. The Hall–Kier alpha value is -1.68. The number of methoxy groups -OCH3 is 1. The van der Waals surface area contributed by atoms with Crippen LogP contribution in [0, 0.1) is 5.41 Å². The number of carbonyl (C=O) groups excluding carboxylic acids is 1. The Kier molecular flexibility index (Phi) is 6.51. The number of carbonyl (C=O) groups is 1. The summed E-state index contributed by atoms with van der Waals surface area (Å²) in [5.74, 6) is 0.190. The number of rotatable bonds is 7. The van der Waals surface area contributed by atoms with Gasteiger partial charge in [-0.25, -0.2) is 12.7 Å². The van der Waals surface area contributed by atoms with Crippen molar-refractivity contribution >= 4 is 21.6 Å². The molecule has 1 amide bonds. The fourth-order valence-corrected chi connectivity index (χ4v) is 4.05. The number of anilines is 1. The maximum atomic E-state index is 12.8. The first-order valence-corrected chi connectivity index (χ1v) is 10.3. The van der Waals surface area contributed by atoms with Crippen molar-refractivity contribution in [3.8, 4) is 5.75 Å². The largest absolute Gasteiger partial charge is 0.495 e. The van der Waals surface area contributed by atoms with Crippen molar-refractivity contribution < 1.29 is 17.9 Å². The standard InChI is InChI=1S/C18H30N4O4S/c1-13(22-9-8-18(2,11-19)12-22)17(23)20-15-10-14(6-7-16(15)26-5)27(24,25)21(3)4/h6-7,10,13H,8-9,11-12,19H2,1-5H3,(H,20,23). The topological polar surface area (TPSA) is 105 Å². The molecule has 0 saturated carbocycles. The number of benzene rings is 1. The van der Waals surface area contributed by atoms with Crippen molar-refractivity contribution in [2.75, 3.05) is 46.2 Å². The van der Waals surface area contributed by atoms with Gasteiger partial charge in [0.2, 0.25) is 15.9 Å². The van der Waals surface area contributed by atoms with E-state index in [-0.39, 0.29) is 22.3 Å². The van der Waals surface area contributed by atoms with Gasteiger partial charge in [0.15, 0.2) is 0 Å². The Morgan fingerprint density at radius 2 is 2.11 bits per heavy atom. The number of nitrogens with two attached hydrogens (primary N) is 1. The van der Waals surface area contributed by atoms with E-state index < -0.39 is 10.0 Å². The number of amides is 1. The van der Waals surface area contributed by atoms with E-state index in [4.69, 9.17) is 10.5 Å². The van der Waals surface area contributed by atoms with E-state index in [1.165, 1.54) is 39.4 Å². The molecule has 3 N–H and O–H groups in total. The molecule has 27 heavy (non-hydrogen) atoms. The molecule has 1 aliphatic heterocycles. The van der Waals surface area contributed by atoms with Gasteiger partial charge in [0, 0.05) is 20.6 Å². The molecule has 2 atom stereocenters. The van der Waals surface area contributed by atoms with Gasteiger partial charge in [0.25, 0.3) is 0 Å². The van der Waals surface area contributed by atoms with Crippen LogP contribution in [0.5, 0.6) is 5.75 Å². The highest BCUT2D eigenvalue weighted by Gasteiger charge is 2.36. The van der Waals surface area contributed by atoms with E-state index in [0.717, 1.165) is 23.8 Å². The van der Waals surface area contributed by atoms with Gasteiger partial charge in [-0.15, -0.1) is 0 Å². The third-order valence-corrected chi connectivity index (χ3v) is 7.03. The van der Waals surface area contributed by atoms with Crippen LogP contribution in [0.25, 0.3) is 0 Å². The fraction of sp³-hybridized carbons (Fsp3) is 0.611. The van der Waals surface area contributed by atoms with Gasteiger partial charge in [0.1, 0.15) is 5.75 Å². The summed E-state index contributed by atoms with van der Waals surface area (Å²) in [6, 6.07) is 4.06. The first kappa shape index (κ1) is 21.6. The molecule has 1 saturated heterocycles. The Morgan fingerprint density at radius 3 is 2.63 bits per heavy atom. The van der Waals surface area contributed by atoms with Gasteiger partial charge in [-0.05, 0) is 50.0 Å². The van der Waals surface area contributed by atoms with E-state index in [2.05, 4.69) is 17.1 Å². The second kappa shape index (κ2) is 8.14. The van der Waals surface area contributed by atoms with E-state index >= 15 is 0 Å². The normalized spacial score (nSPS) is 22.0. The number of ether oxygens (including phenoxy) is 1. The zero-order valence-electron chi connectivity index (χ0n) is 16.7. The molecule has 1 heterocycles. The third-order valence-electron chi connectivity index (χ3n) is 5.21. The average Bonchev–Trinajstić information content (AvgIpc) is 3.03. The van der Waals surface area contributed by atoms with E-state index in [9.17, 15) is 13.2 Å². The minimum absolute atomic E-state index is 0.0198. The first-order chi connectivity index (χ1) is 12.5. The summed E-state index contributed by atoms with van der Waals surface area (Å²) in [7, 11) is 0.781. The highest BCUT2D eigenvalue weighted by molar-refractivity contribution is 7.89. The van der Waals surface area contributed by atoms with E-state index in [1.54, 1.807) is 0 Å². The quantitative estimate of drug-likeness (QED) is 0.708. The third kappa shape index (κ3) is 4.60. The molecule has 9 heteroatoms. The molecule has 0 radical (unpaired) electrons. The molecule has 152 valence electrons. The second-order valence-corrected chi connectivity index (χ2v) is 9.70. The molecule has 8 nitrogen and oxygen atoms in total. The summed E-state index contributed by atoms with van der Waals surface area (Å²) in [5, 5.41) is 2.82. The molecule has 0 aliphatic carbocycles. The van der Waals surface area contributed by atoms with Crippen molar-refractivity contribution in [3.05, 3.63) is 18.2 Å². The van der Waals surface area contributed by atoms with Gasteiger partial charge in [-0.1, -0.05) is 6.92 Å². The minimum Gasteiger partial charge on any atom is -0.495 e. The van der Waals surface area contributed by atoms with Gasteiger partial charge >= 0.3 is 0 Å². The monoisotopic (exact) mass is 398 g/mol. The van der Waals surface area contributed by atoms with Crippen molar-refractivity contribution in [2.45, 2.75) is 31.2 Å². The fourth-order valence-electron chi connectivity index (χ4n) is 3.12. The summed E-state index contributed by atoms with van der Waals surface area (Å²) >= 11 is 0. The molecule has 0 spiro atoms. The highest BCUT2D eigenvalue weighted by atomic mass is 32.2. The minimum atomic E-state index is -3.61. The summed E-state index contributed by atoms with van der Waals surface area (Å²) in [5.41, 5.74) is 6.20. The zero-order valence-corrected chi connectivity index (χ0v) is 17.5. The lowest BCUT2D eigenvalue weighted by Crippen LogP contribution is -2.42. The lowest BCUT2D eigenvalue weighted by atomic mass is 9.90. The Balaban J connectivity index is 2.21. The van der Waals surface area contributed by atoms with Crippen molar-refractivity contribution in [2.24, 2.45) is 11.1 Å². The van der Waals surface area contributed by atoms with E-state index in [0.29, 0.717) is 18.0 Å². The van der Waals surface area contributed by atoms with Gasteiger partial charge in [-0.2, -0.15) is 0 Å². The lowest BCUT2D eigenvalue weighted by Gasteiger charge is -2.27. The summed E-state index contributed by atoms with van der Waals surface area (Å²) in [6.45, 7) is 6.09. The summed E-state index contributed by atoms with van der Waals surface area (Å²) in [4.78, 5) is 14.9. The number of hydrogen-bond acceptors (Lipinski definition) is 6. The molecular formula is C18H30N4O4S. The molecule has 2 unspecified atom stereocenters. The predicted molar refractivity (Wildman–Crippen MR) is 105 cm³/mol. The van der Waals surface area contributed by atoms with Crippen LogP contribution in [0.4, 0.5) is 5.69 Å². The highest BCUT2D eigenvalue weighted by Crippen LogP contribution is 2.31. The Labute approximate surface area is 161 Å². The number of nitrogens with one attached hydrogen (secondary N) is 1. The van der Waals surface area contributed by atoms with E-state index in [1.807, 2.05) is 6.92 Å². The second-order valence-electron chi connectivity index (χ2n) is 7.55. The number of hydrogen-bond donors (Lipinski definition) is 2. The SMILES string of the molecule is COc1ccc(S(=O)(=O)N(C)C)cc1NC(=O)C(C)N1CCC(C)(CN)C1. The smallest absolute Gasteiger partial charge is 0.242 e. The molecule has 1 aliphatic rings. The van der Waals surface area contributed by atoms with Crippen LogP contribution in [0.1, 0.15) is 20.3 Å². The van der Waals surface area contributed by atoms with Crippen molar-refractivity contribution in [1.29, 1.82) is 0 Å². The average molecular weight is 399 g/mol. The van der Waals surface area contributed by atoms with Crippen LogP contribution in [0.2, 0.25) is 0 Å². The van der Waals surface area contributed by atoms with Gasteiger partial charge in [0.05, 0.1) is 23.7 Å². The van der Waals surface area contributed by atoms with Gasteiger partial charge in [-0.3, -0.25) is 9.69 Å². The Morgan fingerprint density at radius 1 is 1.44 bits per heavy atom. The maximum Gasteiger partial charge on any atom is 0.242 e. The van der Waals surface area contributed by atoms with Crippen LogP contribution >= 0.6 is 0 Å². The number of likely N-dealkylation sites (tertiary alicyclic amines) is 1. The van der Waals surface area contributed by atoms with Crippen molar-refractivity contribution in [1.82, 2.24) is 9.21 Å². The predicted octanol–water partition coefficient (Wildman–Crippen LogP) is 0.943. The van der Waals surface area contributed by atoms with Gasteiger partial charge < -0.3 is 15.8 Å². The summed E-state index contributed by atoms with van der Waals surface area (Å²) < 4.78 is 31.1. The summed E-state index contributed by atoms with van der Waals surface area (Å²) in [6.07, 6.45) is 0.945. The zero-order chi connectivity index (χ0) is 20.4. The molecule has 0 bridgehead atoms. The van der Waals surface area contributed by atoms with Crippen LogP contribution in [-0.4, -0.2) is 70.4 Å². The number of sulfonamides is 1. The van der Waals surface area contributed by atoms with Crippen LogP contribution in [0.15, 0.2) is 23.1 Å². The molecule has 0 aromatic heterocycles. The maximum absolute atomic E-state index is 12.8. The molecule has 1 aromatic carbocycles.